The average Bonchev–Trinajstić information content (AvgIpc) is 2.79. The molecule has 0 aliphatic carbocycles. The van der Waals surface area contributed by atoms with E-state index in [0.29, 0.717) is 12.2 Å². The van der Waals surface area contributed by atoms with Crippen molar-refractivity contribution >= 4 is 0 Å². The highest BCUT2D eigenvalue weighted by molar-refractivity contribution is 5.31. The van der Waals surface area contributed by atoms with Crippen LogP contribution in [0.5, 0.6) is 0 Å². The third-order valence-corrected chi connectivity index (χ3v) is 2.05. The Morgan fingerprint density at radius 3 is 2.87 bits per heavy atom. The van der Waals surface area contributed by atoms with Gasteiger partial charge in [0, 0.05) is 24.2 Å². The minimum Gasteiger partial charge on any atom is -0.322 e. The van der Waals surface area contributed by atoms with Crippen LogP contribution in [0.15, 0.2) is 42.9 Å². The molecule has 0 radical (unpaired) electrons. The standard InChI is InChI=1S/C11H10N4/c12-8-11-10(4-3-5-13-11)9-14-15-6-1-2-7-15/h1-7,14H,9H2. The summed E-state index contributed by atoms with van der Waals surface area (Å²) in [5, 5.41) is 8.83. The van der Waals surface area contributed by atoms with E-state index in [4.69, 9.17) is 5.26 Å². The quantitative estimate of drug-likeness (QED) is 0.813. The maximum Gasteiger partial charge on any atom is 0.145 e. The van der Waals surface area contributed by atoms with Gasteiger partial charge in [0.1, 0.15) is 11.8 Å². The van der Waals surface area contributed by atoms with Crippen LogP contribution >= 0.6 is 0 Å². The number of hydrogen-bond acceptors (Lipinski definition) is 3. The highest BCUT2D eigenvalue weighted by Crippen LogP contribution is 2.03. The molecule has 74 valence electrons. The molecule has 2 rings (SSSR count). The molecule has 15 heavy (non-hydrogen) atoms. The van der Waals surface area contributed by atoms with Gasteiger partial charge in [0.15, 0.2) is 0 Å². The van der Waals surface area contributed by atoms with Crippen LogP contribution in [-0.4, -0.2) is 9.66 Å². The topological polar surface area (TPSA) is 53.6 Å². The fourth-order valence-corrected chi connectivity index (χ4v) is 1.30. The Bertz CT molecular complexity index is 468. The van der Waals surface area contributed by atoms with Gasteiger partial charge in [0.2, 0.25) is 0 Å². The summed E-state index contributed by atoms with van der Waals surface area (Å²) in [5.74, 6) is 0. The number of aromatic nitrogens is 2. The summed E-state index contributed by atoms with van der Waals surface area (Å²) >= 11 is 0. The zero-order chi connectivity index (χ0) is 10.5. The van der Waals surface area contributed by atoms with Crippen molar-refractivity contribution in [3.8, 4) is 6.07 Å². The van der Waals surface area contributed by atoms with Gasteiger partial charge in [0.25, 0.3) is 0 Å². The SMILES string of the molecule is N#Cc1ncccc1CNn1cccc1. The van der Waals surface area contributed by atoms with Crippen LogP contribution in [0.1, 0.15) is 11.3 Å². The van der Waals surface area contributed by atoms with Crippen molar-refractivity contribution < 1.29 is 0 Å². The second kappa shape index (κ2) is 4.29. The first-order chi connectivity index (χ1) is 7.40. The van der Waals surface area contributed by atoms with Crippen LogP contribution in [0.2, 0.25) is 0 Å². The Balaban J connectivity index is 2.08. The molecule has 0 saturated carbocycles. The largest absolute Gasteiger partial charge is 0.322 e. The lowest BCUT2D eigenvalue weighted by Gasteiger charge is -2.07. The number of nitrogens with one attached hydrogen (secondary N) is 1. The molecule has 2 aromatic heterocycles. The van der Waals surface area contributed by atoms with E-state index in [1.54, 1.807) is 6.20 Å². The normalized spacial score (nSPS) is 9.53. The van der Waals surface area contributed by atoms with E-state index in [2.05, 4.69) is 16.5 Å². The molecule has 0 aliphatic rings. The number of rotatable bonds is 3. The summed E-state index contributed by atoms with van der Waals surface area (Å²) in [7, 11) is 0. The number of nitrogens with zero attached hydrogens (tertiary/aromatic N) is 3. The van der Waals surface area contributed by atoms with Crippen LogP contribution in [0.25, 0.3) is 0 Å². The van der Waals surface area contributed by atoms with Crippen LogP contribution < -0.4 is 5.43 Å². The molecule has 0 spiro atoms. The van der Waals surface area contributed by atoms with Crippen molar-refractivity contribution in [3.05, 3.63) is 54.1 Å². The summed E-state index contributed by atoms with van der Waals surface area (Å²) in [6.07, 6.45) is 5.43. The van der Waals surface area contributed by atoms with Crippen LogP contribution in [0.4, 0.5) is 0 Å². The lowest BCUT2D eigenvalue weighted by Crippen LogP contribution is -2.13. The van der Waals surface area contributed by atoms with Gasteiger partial charge in [-0.3, -0.25) is 4.68 Å². The molecule has 0 aliphatic heterocycles. The van der Waals surface area contributed by atoms with Gasteiger partial charge in [0.05, 0.1) is 6.54 Å². The maximum atomic E-state index is 8.83. The van der Waals surface area contributed by atoms with Crippen molar-refractivity contribution in [3.63, 3.8) is 0 Å². The van der Waals surface area contributed by atoms with Crippen molar-refractivity contribution in [2.75, 3.05) is 5.43 Å². The first-order valence-electron chi connectivity index (χ1n) is 4.61. The number of pyridine rings is 1. The van der Waals surface area contributed by atoms with Gasteiger partial charge in [-0.1, -0.05) is 6.07 Å². The van der Waals surface area contributed by atoms with Crippen molar-refractivity contribution in [2.24, 2.45) is 0 Å². The molecular formula is C11H10N4. The minimum atomic E-state index is 0.470. The molecule has 2 aromatic rings. The van der Waals surface area contributed by atoms with Gasteiger partial charge in [-0.25, -0.2) is 4.98 Å². The fraction of sp³-hybridized carbons (Fsp3) is 0.0909. The van der Waals surface area contributed by atoms with E-state index in [-0.39, 0.29) is 0 Å². The summed E-state index contributed by atoms with van der Waals surface area (Å²) in [6, 6.07) is 9.65. The molecule has 0 fully saturated rings. The lowest BCUT2D eigenvalue weighted by molar-refractivity contribution is 0.842. The van der Waals surface area contributed by atoms with Crippen molar-refractivity contribution in [1.82, 2.24) is 9.66 Å². The zero-order valence-corrected chi connectivity index (χ0v) is 8.09. The Kier molecular flexibility index (Phi) is 2.65. The van der Waals surface area contributed by atoms with Crippen LogP contribution in [-0.2, 0) is 6.54 Å². The van der Waals surface area contributed by atoms with Gasteiger partial charge in [-0.2, -0.15) is 5.26 Å². The Morgan fingerprint density at radius 2 is 2.13 bits per heavy atom. The third-order valence-electron chi connectivity index (χ3n) is 2.05. The summed E-state index contributed by atoms with van der Waals surface area (Å²) < 4.78 is 1.84. The van der Waals surface area contributed by atoms with Crippen molar-refractivity contribution in [2.45, 2.75) is 6.54 Å². The molecule has 0 bridgehead atoms. The van der Waals surface area contributed by atoms with Crippen molar-refractivity contribution in [1.29, 1.82) is 5.26 Å². The van der Waals surface area contributed by atoms with E-state index in [9.17, 15) is 0 Å². The lowest BCUT2D eigenvalue weighted by atomic mass is 10.2. The molecule has 4 heteroatoms. The second-order valence-corrected chi connectivity index (χ2v) is 3.05. The molecule has 2 heterocycles. The first kappa shape index (κ1) is 9.28. The monoisotopic (exact) mass is 198 g/mol. The molecular weight excluding hydrogens is 188 g/mol. The van der Waals surface area contributed by atoms with Gasteiger partial charge < -0.3 is 5.43 Å². The molecule has 1 N–H and O–H groups in total. The molecule has 0 aromatic carbocycles. The predicted octanol–water partition coefficient (Wildman–Crippen LogP) is 1.50. The minimum absolute atomic E-state index is 0.470. The Hall–Kier alpha value is -2.28. The smallest absolute Gasteiger partial charge is 0.145 e. The Labute approximate surface area is 87.8 Å². The highest BCUT2D eigenvalue weighted by Gasteiger charge is 2.00. The van der Waals surface area contributed by atoms with Crippen LogP contribution in [0.3, 0.4) is 0 Å². The van der Waals surface area contributed by atoms with Gasteiger partial charge in [-0.05, 0) is 18.2 Å². The molecule has 0 amide bonds. The van der Waals surface area contributed by atoms with Crippen LogP contribution in [0, 0.1) is 11.3 Å². The number of hydrogen-bond donors (Lipinski definition) is 1. The summed E-state index contributed by atoms with van der Waals surface area (Å²) in [4.78, 5) is 3.99. The summed E-state index contributed by atoms with van der Waals surface area (Å²) in [6.45, 7) is 0.589. The average molecular weight is 198 g/mol. The van der Waals surface area contributed by atoms with E-state index in [1.807, 2.05) is 41.3 Å². The zero-order valence-electron chi connectivity index (χ0n) is 8.09. The number of nitriles is 1. The van der Waals surface area contributed by atoms with E-state index >= 15 is 0 Å². The third kappa shape index (κ3) is 2.15. The molecule has 4 nitrogen and oxygen atoms in total. The molecule has 0 atom stereocenters. The molecule has 0 unspecified atom stereocenters. The second-order valence-electron chi connectivity index (χ2n) is 3.05. The predicted molar refractivity (Wildman–Crippen MR) is 56.4 cm³/mol. The molecule has 0 saturated heterocycles. The van der Waals surface area contributed by atoms with Gasteiger partial charge >= 0.3 is 0 Å². The Morgan fingerprint density at radius 1 is 1.33 bits per heavy atom. The van der Waals surface area contributed by atoms with Gasteiger partial charge in [-0.15, -0.1) is 0 Å². The van der Waals surface area contributed by atoms with E-state index in [0.717, 1.165) is 5.56 Å². The van der Waals surface area contributed by atoms with E-state index in [1.165, 1.54) is 0 Å². The van der Waals surface area contributed by atoms with E-state index < -0.39 is 0 Å². The fourth-order valence-electron chi connectivity index (χ4n) is 1.30. The first-order valence-corrected chi connectivity index (χ1v) is 4.61. The summed E-state index contributed by atoms with van der Waals surface area (Å²) in [5.41, 5.74) is 4.51. The maximum absolute atomic E-state index is 8.83. The highest BCUT2D eigenvalue weighted by atomic mass is 15.4.